The van der Waals surface area contributed by atoms with E-state index in [0.29, 0.717) is 6.54 Å². The van der Waals surface area contributed by atoms with Crippen LogP contribution < -0.4 is 4.90 Å². The third kappa shape index (κ3) is 5.16. The molecule has 0 saturated carbocycles. The molecule has 134 valence electrons. The number of para-hydroxylation sites is 1. The van der Waals surface area contributed by atoms with Crippen molar-refractivity contribution in [3.05, 3.63) is 76.5 Å². The lowest BCUT2D eigenvalue weighted by molar-refractivity contribution is -0.145. The van der Waals surface area contributed by atoms with Crippen LogP contribution in [0.25, 0.3) is 0 Å². The number of carbonyl (C=O) groups is 1. The second kappa shape index (κ2) is 8.62. The first-order valence-electron chi connectivity index (χ1n) is 8.15. The largest absolute Gasteiger partial charge is 0.459 e. The van der Waals surface area contributed by atoms with Gasteiger partial charge in [0, 0.05) is 17.2 Å². The van der Waals surface area contributed by atoms with Gasteiger partial charge in [-0.3, -0.25) is 4.79 Å². The summed E-state index contributed by atoms with van der Waals surface area (Å²) in [4.78, 5) is 14.0. The maximum atomic E-state index is 12.0. The summed E-state index contributed by atoms with van der Waals surface area (Å²) in [7, 11) is 1.99. The van der Waals surface area contributed by atoms with Gasteiger partial charge in [0.1, 0.15) is 18.8 Å². The molecule has 7 heteroatoms. The first kappa shape index (κ1) is 18.1. The Morgan fingerprint density at radius 3 is 2.62 bits per heavy atom. The van der Waals surface area contributed by atoms with Crippen LogP contribution in [0, 0.1) is 0 Å². The zero-order chi connectivity index (χ0) is 18.4. The molecule has 0 radical (unpaired) electrons. The number of hydrogen-bond donors (Lipinski definition) is 0. The van der Waals surface area contributed by atoms with Crippen molar-refractivity contribution in [3.8, 4) is 0 Å². The molecule has 0 N–H and O–H groups in total. The van der Waals surface area contributed by atoms with Crippen molar-refractivity contribution in [1.82, 2.24) is 15.0 Å². The smallest absolute Gasteiger partial charge is 0.328 e. The Morgan fingerprint density at radius 1 is 1.15 bits per heavy atom. The Bertz CT molecular complexity index is 849. The van der Waals surface area contributed by atoms with Crippen molar-refractivity contribution in [2.45, 2.75) is 19.7 Å². The Labute approximate surface area is 160 Å². The SMILES string of the molecule is CN(Cc1cn(CC(=O)OCc2ccc(Br)cc2)nn1)c1ccccc1. The van der Waals surface area contributed by atoms with Gasteiger partial charge in [0.25, 0.3) is 0 Å². The highest BCUT2D eigenvalue weighted by Gasteiger charge is 2.09. The van der Waals surface area contributed by atoms with Crippen molar-refractivity contribution in [1.29, 1.82) is 0 Å². The summed E-state index contributed by atoms with van der Waals surface area (Å²) in [6, 6.07) is 17.7. The van der Waals surface area contributed by atoms with Crippen LogP contribution >= 0.6 is 15.9 Å². The molecule has 0 aliphatic carbocycles. The van der Waals surface area contributed by atoms with Crippen LogP contribution in [0.4, 0.5) is 5.69 Å². The predicted molar refractivity (Wildman–Crippen MR) is 103 cm³/mol. The first-order chi connectivity index (χ1) is 12.6. The van der Waals surface area contributed by atoms with E-state index in [0.717, 1.165) is 21.4 Å². The quantitative estimate of drug-likeness (QED) is 0.554. The molecule has 0 aliphatic rings. The second-order valence-corrected chi connectivity index (χ2v) is 6.80. The zero-order valence-electron chi connectivity index (χ0n) is 14.4. The molecular weight excluding hydrogens is 396 g/mol. The second-order valence-electron chi connectivity index (χ2n) is 5.89. The highest BCUT2D eigenvalue weighted by Crippen LogP contribution is 2.13. The number of ether oxygens (including phenoxy) is 1. The maximum absolute atomic E-state index is 12.0. The molecule has 0 unspecified atom stereocenters. The Morgan fingerprint density at radius 2 is 1.88 bits per heavy atom. The molecule has 0 fully saturated rings. The molecule has 0 bridgehead atoms. The summed E-state index contributed by atoms with van der Waals surface area (Å²) in [5.41, 5.74) is 2.82. The lowest BCUT2D eigenvalue weighted by Gasteiger charge is -2.17. The zero-order valence-corrected chi connectivity index (χ0v) is 16.0. The Balaban J connectivity index is 1.49. The third-order valence-corrected chi connectivity index (χ3v) is 4.32. The standard InChI is InChI=1S/C19H19BrN4O2/c1-23(18-5-3-2-4-6-18)11-17-12-24(22-21-17)13-19(25)26-14-15-7-9-16(20)10-8-15/h2-10,12H,11,13-14H2,1H3. The first-order valence-corrected chi connectivity index (χ1v) is 8.95. The number of esters is 1. The fraction of sp³-hybridized carbons (Fsp3) is 0.211. The molecule has 0 amide bonds. The van der Waals surface area contributed by atoms with E-state index in [4.69, 9.17) is 4.74 Å². The molecule has 1 heterocycles. The van der Waals surface area contributed by atoms with E-state index in [2.05, 4.69) is 31.1 Å². The van der Waals surface area contributed by atoms with Gasteiger partial charge in [-0.1, -0.05) is 51.5 Å². The van der Waals surface area contributed by atoms with Crippen LogP contribution in [0.5, 0.6) is 0 Å². The van der Waals surface area contributed by atoms with E-state index in [1.165, 1.54) is 4.68 Å². The summed E-state index contributed by atoms with van der Waals surface area (Å²) in [5.74, 6) is -0.346. The molecular formula is C19H19BrN4O2. The number of nitrogens with zero attached hydrogens (tertiary/aromatic N) is 4. The van der Waals surface area contributed by atoms with Crippen molar-refractivity contribution in [2.24, 2.45) is 0 Å². The molecule has 0 saturated heterocycles. The summed E-state index contributed by atoms with van der Waals surface area (Å²) in [6.07, 6.45) is 1.76. The number of aromatic nitrogens is 3. The van der Waals surface area contributed by atoms with Crippen LogP contribution in [0.2, 0.25) is 0 Å². The van der Waals surface area contributed by atoms with Crippen LogP contribution in [0.3, 0.4) is 0 Å². The van der Waals surface area contributed by atoms with Crippen molar-refractivity contribution in [3.63, 3.8) is 0 Å². The van der Waals surface area contributed by atoms with Gasteiger partial charge in [0.2, 0.25) is 0 Å². The summed E-state index contributed by atoms with van der Waals surface area (Å²) in [5, 5.41) is 8.12. The van der Waals surface area contributed by atoms with Gasteiger partial charge in [0.15, 0.2) is 0 Å². The molecule has 0 spiro atoms. The van der Waals surface area contributed by atoms with Crippen LogP contribution in [-0.2, 0) is 29.2 Å². The van der Waals surface area contributed by atoms with Gasteiger partial charge in [-0.2, -0.15) is 0 Å². The van der Waals surface area contributed by atoms with E-state index in [9.17, 15) is 4.79 Å². The monoisotopic (exact) mass is 414 g/mol. The number of benzene rings is 2. The number of hydrogen-bond acceptors (Lipinski definition) is 5. The van der Waals surface area contributed by atoms with E-state index < -0.39 is 0 Å². The average molecular weight is 415 g/mol. The molecule has 26 heavy (non-hydrogen) atoms. The Kier molecular flexibility index (Phi) is 6.01. The average Bonchev–Trinajstić information content (AvgIpc) is 3.08. The minimum Gasteiger partial charge on any atom is -0.459 e. The van der Waals surface area contributed by atoms with Crippen molar-refractivity contribution < 1.29 is 9.53 Å². The van der Waals surface area contributed by atoms with Gasteiger partial charge in [0.05, 0.1) is 12.7 Å². The molecule has 0 aliphatic heterocycles. The highest BCUT2D eigenvalue weighted by atomic mass is 79.9. The lowest BCUT2D eigenvalue weighted by Crippen LogP contribution is -2.16. The Hall–Kier alpha value is -2.67. The van der Waals surface area contributed by atoms with E-state index in [1.54, 1.807) is 6.20 Å². The van der Waals surface area contributed by atoms with Gasteiger partial charge < -0.3 is 9.64 Å². The lowest BCUT2D eigenvalue weighted by atomic mass is 10.2. The van der Waals surface area contributed by atoms with Crippen LogP contribution in [0.1, 0.15) is 11.3 Å². The normalized spacial score (nSPS) is 10.5. The van der Waals surface area contributed by atoms with Gasteiger partial charge in [-0.05, 0) is 29.8 Å². The van der Waals surface area contributed by atoms with E-state index in [1.807, 2.05) is 61.6 Å². The minimum absolute atomic E-state index is 0.0403. The molecule has 3 rings (SSSR count). The molecule has 6 nitrogen and oxygen atoms in total. The maximum Gasteiger partial charge on any atom is 0.328 e. The predicted octanol–water partition coefficient (Wildman–Crippen LogP) is 3.42. The summed E-state index contributed by atoms with van der Waals surface area (Å²) >= 11 is 3.37. The number of anilines is 1. The van der Waals surface area contributed by atoms with Crippen LogP contribution in [-0.4, -0.2) is 28.0 Å². The number of carbonyl (C=O) groups excluding carboxylic acids is 1. The molecule has 3 aromatic rings. The third-order valence-electron chi connectivity index (χ3n) is 3.79. The summed E-state index contributed by atoms with van der Waals surface area (Å²) < 4.78 is 7.77. The summed E-state index contributed by atoms with van der Waals surface area (Å²) in [6.45, 7) is 0.890. The van der Waals surface area contributed by atoms with Crippen molar-refractivity contribution in [2.75, 3.05) is 11.9 Å². The van der Waals surface area contributed by atoms with Crippen LogP contribution in [0.15, 0.2) is 65.3 Å². The van der Waals surface area contributed by atoms with E-state index in [-0.39, 0.29) is 19.1 Å². The van der Waals surface area contributed by atoms with Gasteiger partial charge in [-0.15, -0.1) is 5.10 Å². The van der Waals surface area contributed by atoms with Crippen molar-refractivity contribution >= 4 is 27.6 Å². The molecule has 2 aromatic carbocycles. The molecule has 1 aromatic heterocycles. The number of rotatable bonds is 7. The fourth-order valence-corrected chi connectivity index (χ4v) is 2.69. The molecule has 0 atom stereocenters. The topological polar surface area (TPSA) is 60.2 Å². The van der Waals surface area contributed by atoms with E-state index >= 15 is 0 Å². The number of halogens is 1. The van der Waals surface area contributed by atoms with Gasteiger partial charge in [-0.25, -0.2) is 4.68 Å². The minimum atomic E-state index is -0.346. The van der Waals surface area contributed by atoms with Gasteiger partial charge >= 0.3 is 5.97 Å². The fourth-order valence-electron chi connectivity index (χ4n) is 2.43. The highest BCUT2D eigenvalue weighted by molar-refractivity contribution is 9.10.